The molecule has 0 radical (unpaired) electrons. The third-order valence-electron chi connectivity index (χ3n) is 4.10. The first-order valence-corrected chi connectivity index (χ1v) is 8.26. The van der Waals surface area contributed by atoms with Gasteiger partial charge in [-0.05, 0) is 50.6 Å². The first-order chi connectivity index (χ1) is 11.9. The molecule has 0 bridgehead atoms. The Bertz CT molecular complexity index is 727. The largest absolute Gasteiger partial charge is 0.351 e. The average molecular weight is 342 g/mol. The normalized spacial score (nSPS) is 11.0. The number of hydrogen-bond donors (Lipinski definition) is 1. The van der Waals surface area contributed by atoms with Gasteiger partial charge in [0.25, 0.3) is 0 Å². The van der Waals surface area contributed by atoms with Gasteiger partial charge in [-0.25, -0.2) is 4.39 Å². The number of anilines is 1. The van der Waals surface area contributed by atoms with E-state index in [1.54, 1.807) is 30.9 Å². The molecule has 5 heteroatoms. The summed E-state index contributed by atoms with van der Waals surface area (Å²) in [5, 5.41) is 2.76. The molecule has 0 heterocycles. The molecule has 0 saturated carbocycles. The lowest BCUT2D eigenvalue weighted by Gasteiger charge is -2.30. The summed E-state index contributed by atoms with van der Waals surface area (Å²) >= 11 is 0. The van der Waals surface area contributed by atoms with Gasteiger partial charge in [0.05, 0.1) is 0 Å². The molecule has 0 aromatic heterocycles. The van der Waals surface area contributed by atoms with Crippen LogP contribution in [-0.4, -0.2) is 18.4 Å². The van der Waals surface area contributed by atoms with Crippen LogP contribution in [0.3, 0.4) is 0 Å². The maximum atomic E-state index is 12.9. The Hall–Kier alpha value is -2.69. The zero-order valence-electron chi connectivity index (χ0n) is 14.8. The average Bonchev–Trinajstić information content (AvgIpc) is 2.62. The van der Waals surface area contributed by atoms with Gasteiger partial charge in [-0.1, -0.05) is 30.3 Å². The van der Waals surface area contributed by atoms with Gasteiger partial charge < -0.3 is 10.2 Å². The maximum absolute atomic E-state index is 12.9. The first-order valence-electron chi connectivity index (χ1n) is 8.26. The van der Waals surface area contributed by atoms with Gasteiger partial charge in [0.15, 0.2) is 0 Å². The van der Waals surface area contributed by atoms with E-state index in [4.69, 9.17) is 0 Å². The number of benzene rings is 2. The summed E-state index contributed by atoms with van der Waals surface area (Å²) in [6.45, 7) is 5.81. The van der Waals surface area contributed by atoms with Crippen LogP contribution in [0.15, 0.2) is 54.6 Å². The van der Waals surface area contributed by atoms with E-state index in [1.165, 1.54) is 12.1 Å². The molecule has 0 atom stereocenters. The van der Waals surface area contributed by atoms with Crippen LogP contribution in [0, 0.1) is 11.2 Å². The number of nitrogens with zero attached hydrogens (tertiary/aromatic N) is 1. The van der Waals surface area contributed by atoms with Gasteiger partial charge in [-0.3, -0.25) is 9.59 Å². The third-order valence-corrected chi connectivity index (χ3v) is 4.10. The second-order valence-corrected chi connectivity index (χ2v) is 6.32. The fraction of sp³-hybridized carbons (Fsp3) is 0.300. The Morgan fingerprint density at radius 2 is 1.64 bits per heavy atom. The van der Waals surface area contributed by atoms with E-state index in [0.717, 1.165) is 11.3 Å². The van der Waals surface area contributed by atoms with Crippen molar-refractivity contribution in [3.8, 4) is 0 Å². The molecule has 2 amide bonds. The molecule has 2 aromatic carbocycles. The number of rotatable bonds is 6. The van der Waals surface area contributed by atoms with E-state index < -0.39 is 5.41 Å². The van der Waals surface area contributed by atoms with Crippen molar-refractivity contribution in [1.82, 2.24) is 5.32 Å². The van der Waals surface area contributed by atoms with Gasteiger partial charge in [0.1, 0.15) is 11.2 Å². The Balaban J connectivity index is 2.08. The topological polar surface area (TPSA) is 49.4 Å². The highest BCUT2D eigenvalue weighted by Crippen LogP contribution is 2.24. The van der Waals surface area contributed by atoms with E-state index in [1.807, 2.05) is 37.3 Å². The summed E-state index contributed by atoms with van der Waals surface area (Å²) in [4.78, 5) is 27.1. The number of nitrogens with one attached hydrogen (secondary N) is 1. The second-order valence-electron chi connectivity index (χ2n) is 6.32. The number of para-hydroxylation sites is 1. The smallest absolute Gasteiger partial charge is 0.242 e. The third kappa shape index (κ3) is 4.44. The molecular formula is C20H23FN2O2. The van der Waals surface area contributed by atoms with Crippen LogP contribution in [0.5, 0.6) is 0 Å². The van der Waals surface area contributed by atoms with Crippen LogP contribution in [0.2, 0.25) is 0 Å². The lowest BCUT2D eigenvalue weighted by atomic mass is 9.89. The van der Waals surface area contributed by atoms with Crippen molar-refractivity contribution >= 4 is 17.5 Å². The Morgan fingerprint density at radius 3 is 2.20 bits per heavy atom. The highest BCUT2D eigenvalue weighted by molar-refractivity contribution is 6.10. The number of amides is 2. The summed E-state index contributed by atoms with van der Waals surface area (Å²) in [7, 11) is 0. The lowest BCUT2D eigenvalue weighted by molar-refractivity contribution is -0.139. The van der Waals surface area contributed by atoms with Crippen molar-refractivity contribution in [3.63, 3.8) is 0 Å². The minimum absolute atomic E-state index is 0.243. The van der Waals surface area contributed by atoms with E-state index in [-0.39, 0.29) is 24.2 Å². The zero-order chi connectivity index (χ0) is 18.4. The first kappa shape index (κ1) is 18.6. The van der Waals surface area contributed by atoms with Gasteiger partial charge in [-0.2, -0.15) is 0 Å². The summed E-state index contributed by atoms with van der Waals surface area (Å²) in [6.07, 6.45) is 0. The molecule has 0 aliphatic carbocycles. The predicted octanol–water partition coefficient (Wildman–Crippen LogP) is 3.52. The lowest BCUT2D eigenvalue weighted by Crippen LogP contribution is -2.49. The maximum Gasteiger partial charge on any atom is 0.242 e. The highest BCUT2D eigenvalue weighted by Gasteiger charge is 2.39. The number of hydrogen-bond acceptors (Lipinski definition) is 2. The predicted molar refractivity (Wildman–Crippen MR) is 96.5 cm³/mol. The molecule has 0 saturated heterocycles. The Labute approximate surface area is 147 Å². The van der Waals surface area contributed by atoms with Gasteiger partial charge in [0.2, 0.25) is 11.8 Å². The SMILES string of the molecule is CCN(C(=O)C(C)(C)C(=O)NCc1ccc(F)cc1)c1ccccc1. The van der Waals surface area contributed by atoms with Crippen LogP contribution >= 0.6 is 0 Å². The van der Waals surface area contributed by atoms with E-state index in [0.29, 0.717) is 6.54 Å². The summed E-state index contributed by atoms with van der Waals surface area (Å²) in [5.74, 6) is -0.957. The van der Waals surface area contributed by atoms with Crippen molar-refractivity contribution < 1.29 is 14.0 Å². The van der Waals surface area contributed by atoms with Crippen molar-refractivity contribution in [2.75, 3.05) is 11.4 Å². The molecule has 0 spiro atoms. The second kappa shape index (κ2) is 7.92. The fourth-order valence-electron chi connectivity index (χ4n) is 2.49. The standard InChI is InChI=1S/C20H23FN2O2/c1-4-23(17-8-6-5-7-9-17)19(25)20(2,3)18(24)22-14-15-10-12-16(21)13-11-15/h5-13H,4,14H2,1-3H3,(H,22,24). The van der Waals surface area contributed by atoms with Crippen molar-refractivity contribution in [2.24, 2.45) is 5.41 Å². The molecule has 0 aliphatic rings. The van der Waals surface area contributed by atoms with Crippen molar-refractivity contribution in [2.45, 2.75) is 27.3 Å². The molecule has 0 unspecified atom stereocenters. The summed E-state index contributed by atoms with van der Waals surface area (Å²) < 4.78 is 12.9. The molecule has 4 nitrogen and oxygen atoms in total. The Morgan fingerprint density at radius 1 is 1.04 bits per heavy atom. The minimum atomic E-state index is -1.22. The van der Waals surface area contributed by atoms with Crippen molar-refractivity contribution in [1.29, 1.82) is 0 Å². The van der Waals surface area contributed by atoms with Crippen LogP contribution < -0.4 is 10.2 Å². The number of carbonyl (C=O) groups excluding carboxylic acids is 2. The molecule has 132 valence electrons. The van der Waals surface area contributed by atoms with Crippen LogP contribution in [-0.2, 0) is 16.1 Å². The Kier molecular flexibility index (Phi) is 5.91. The van der Waals surface area contributed by atoms with Crippen LogP contribution in [0.4, 0.5) is 10.1 Å². The van der Waals surface area contributed by atoms with Crippen LogP contribution in [0.25, 0.3) is 0 Å². The number of halogens is 1. The molecule has 2 aromatic rings. The minimum Gasteiger partial charge on any atom is -0.351 e. The molecular weight excluding hydrogens is 319 g/mol. The monoisotopic (exact) mass is 342 g/mol. The summed E-state index contributed by atoms with van der Waals surface area (Å²) in [6, 6.07) is 15.2. The molecule has 0 fully saturated rings. The molecule has 2 rings (SSSR count). The highest BCUT2D eigenvalue weighted by atomic mass is 19.1. The molecule has 0 aliphatic heterocycles. The zero-order valence-corrected chi connectivity index (χ0v) is 14.8. The number of carbonyl (C=O) groups is 2. The van der Waals surface area contributed by atoms with E-state index >= 15 is 0 Å². The van der Waals surface area contributed by atoms with E-state index in [9.17, 15) is 14.0 Å². The van der Waals surface area contributed by atoms with Gasteiger partial charge in [-0.15, -0.1) is 0 Å². The quantitative estimate of drug-likeness (QED) is 0.817. The van der Waals surface area contributed by atoms with Gasteiger partial charge >= 0.3 is 0 Å². The summed E-state index contributed by atoms with van der Waals surface area (Å²) in [5.41, 5.74) is 0.314. The van der Waals surface area contributed by atoms with E-state index in [2.05, 4.69) is 5.32 Å². The fourth-order valence-corrected chi connectivity index (χ4v) is 2.49. The molecule has 1 N–H and O–H groups in total. The van der Waals surface area contributed by atoms with Gasteiger partial charge in [0, 0.05) is 18.8 Å². The van der Waals surface area contributed by atoms with Crippen LogP contribution in [0.1, 0.15) is 26.3 Å². The van der Waals surface area contributed by atoms with Crippen molar-refractivity contribution in [3.05, 3.63) is 66.0 Å². The molecule has 25 heavy (non-hydrogen) atoms.